The second-order valence-corrected chi connectivity index (χ2v) is 6.25. The molecule has 0 unspecified atom stereocenters. The van der Waals surface area contributed by atoms with E-state index >= 15 is 0 Å². The van der Waals surface area contributed by atoms with Gasteiger partial charge in [-0.25, -0.2) is 4.98 Å². The van der Waals surface area contributed by atoms with E-state index < -0.39 is 0 Å². The van der Waals surface area contributed by atoms with Crippen molar-refractivity contribution in [1.29, 1.82) is 0 Å². The van der Waals surface area contributed by atoms with Gasteiger partial charge in [-0.3, -0.25) is 14.0 Å². The van der Waals surface area contributed by atoms with Gasteiger partial charge in [-0.05, 0) is 12.1 Å². The molecule has 3 aromatic heterocycles. The Morgan fingerprint density at radius 2 is 1.86 bits per heavy atom. The van der Waals surface area contributed by atoms with E-state index in [4.69, 9.17) is 0 Å². The van der Waals surface area contributed by atoms with Crippen LogP contribution in [0.1, 0.15) is 5.82 Å². The van der Waals surface area contributed by atoms with E-state index in [0.717, 1.165) is 17.0 Å². The topological polar surface area (TPSA) is 94.2 Å². The summed E-state index contributed by atoms with van der Waals surface area (Å²) in [7, 11) is 0. The van der Waals surface area contributed by atoms with Gasteiger partial charge in [-0.2, -0.15) is 0 Å². The quantitative estimate of drug-likeness (QED) is 0.549. The molecule has 0 radical (unpaired) electrons. The van der Waals surface area contributed by atoms with Crippen molar-refractivity contribution in [1.82, 2.24) is 29.5 Å². The predicted molar refractivity (Wildman–Crippen MR) is 104 cm³/mol. The van der Waals surface area contributed by atoms with Crippen LogP contribution in [0.2, 0.25) is 0 Å². The molecule has 0 saturated heterocycles. The number of pyridine rings is 1. The molecular weight excluding hydrogens is 356 g/mol. The Hall–Kier alpha value is -3.81. The van der Waals surface area contributed by atoms with Crippen LogP contribution in [0, 0.1) is 0 Å². The van der Waals surface area contributed by atoms with Crippen molar-refractivity contribution in [2.45, 2.75) is 13.0 Å². The molecule has 4 rings (SSSR count). The van der Waals surface area contributed by atoms with E-state index in [1.54, 1.807) is 6.20 Å². The minimum atomic E-state index is -0.321. The van der Waals surface area contributed by atoms with Crippen LogP contribution in [-0.2, 0) is 17.8 Å². The zero-order valence-corrected chi connectivity index (χ0v) is 15.0. The number of aromatic nitrogens is 5. The Bertz CT molecular complexity index is 1170. The first kappa shape index (κ1) is 17.6. The van der Waals surface area contributed by atoms with Crippen molar-refractivity contribution < 1.29 is 4.79 Å². The molecule has 8 nitrogen and oxygen atoms in total. The van der Waals surface area contributed by atoms with Crippen LogP contribution in [0.15, 0.2) is 71.9 Å². The third kappa shape index (κ3) is 3.80. The molecule has 0 spiro atoms. The second kappa shape index (κ2) is 7.83. The zero-order chi connectivity index (χ0) is 19.3. The van der Waals surface area contributed by atoms with Gasteiger partial charge >= 0.3 is 0 Å². The fourth-order valence-corrected chi connectivity index (χ4v) is 2.91. The molecular formula is C20H18N6O2. The van der Waals surface area contributed by atoms with Gasteiger partial charge in [0.25, 0.3) is 5.56 Å². The lowest BCUT2D eigenvalue weighted by Crippen LogP contribution is -2.33. The molecule has 0 aliphatic carbocycles. The van der Waals surface area contributed by atoms with Crippen LogP contribution < -0.4 is 10.9 Å². The molecule has 8 heteroatoms. The molecule has 0 fully saturated rings. The highest BCUT2D eigenvalue weighted by molar-refractivity contribution is 5.75. The Morgan fingerprint density at radius 1 is 1.04 bits per heavy atom. The predicted octanol–water partition coefficient (Wildman–Crippen LogP) is 1.31. The van der Waals surface area contributed by atoms with Crippen molar-refractivity contribution in [3.8, 4) is 11.3 Å². The summed E-state index contributed by atoms with van der Waals surface area (Å²) in [4.78, 5) is 28.5. The van der Waals surface area contributed by atoms with Gasteiger partial charge in [0.05, 0.1) is 11.9 Å². The van der Waals surface area contributed by atoms with E-state index in [1.165, 1.54) is 10.8 Å². The van der Waals surface area contributed by atoms with Crippen LogP contribution in [0.5, 0.6) is 0 Å². The average molecular weight is 374 g/mol. The number of carbonyl (C=O) groups is 1. The van der Waals surface area contributed by atoms with Crippen molar-refractivity contribution >= 4 is 11.6 Å². The highest BCUT2D eigenvalue weighted by atomic mass is 16.2. The SMILES string of the molecule is O=C(Cn1cc(-c2ccccc2)ncc1=O)NCCc1nnc2ccccn12. The highest BCUT2D eigenvalue weighted by Crippen LogP contribution is 2.14. The third-order valence-electron chi connectivity index (χ3n) is 4.31. The molecule has 1 N–H and O–H groups in total. The van der Waals surface area contributed by atoms with Crippen molar-refractivity contribution in [2.24, 2.45) is 0 Å². The number of rotatable bonds is 6. The summed E-state index contributed by atoms with van der Waals surface area (Å²) >= 11 is 0. The third-order valence-corrected chi connectivity index (χ3v) is 4.31. The highest BCUT2D eigenvalue weighted by Gasteiger charge is 2.09. The fourth-order valence-electron chi connectivity index (χ4n) is 2.91. The molecule has 4 aromatic rings. The number of amides is 1. The Kier molecular flexibility index (Phi) is 4.92. The number of hydrogen-bond donors (Lipinski definition) is 1. The molecule has 0 atom stereocenters. The zero-order valence-electron chi connectivity index (χ0n) is 15.0. The summed E-state index contributed by atoms with van der Waals surface area (Å²) < 4.78 is 3.24. The van der Waals surface area contributed by atoms with Crippen LogP contribution in [0.4, 0.5) is 0 Å². The number of hydrogen-bond acceptors (Lipinski definition) is 5. The summed E-state index contributed by atoms with van der Waals surface area (Å²) in [5.74, 6) is 0.518. The molecule has 1 aromatic carbocycles. The number of benzene rings is 1. The molecule has 0 saturated carbocycles. The van der Waals surface area contributed by atoms with Crippen molar-refractivity contribution in [3.63, 3.8) is 0 Å². The largest absolute Gasteiger partial charge is 0.354 e. The van der Waals surface area contributed by atoms with Crippen LogP contribution in [0.3, 0.4) is 0 Å². The molecule has 0 aliphatic rings. The summed E-state index contributed by atoms with van der Waals surface area (Å²) in [6, 6.07) is 15.2. The number of carbonyl (C=O) groups excluding carboxylic acids is 1. The van der Waals surface area contributed by atoms with Crippen LogP contribution >= 0.6 is 0 Å². The number of nitrogens with zero attached hydrogens (tertiary/aromatic N) is 5. The molecule has 0 bridgehead atoms. The lowest BCUT2D eigenvalue weighted by atomic mass is 10.2. The van der Waals surface area contributed by atoms with E-state index in [-0.39, 0.29) is 18.0 Å². The Balaban J connectivity index is 1.39. The number of nitrogens with one attached hydrogen (secondary N) is 1. The maximum Gasteiger partial charge on any atom is 0.269 e. The normalized spacial score (nSPS) is 10.9. The van der Waals surface area contributed by atoms with Crippen molar-refractivity contribution in [2.75, 3.05) is 6.54 Å². The van der Waals surface area contributed by atoms with E-state index in [2.05, 4.69) is 20.5 Å². The van der Waals surface area contributed by atoms with Gasteiger partial charge < -0.3 is 9.88 Å². The maximum absolute atomic E-state index is 12.3. The van der Waals surface area contributed by atoms with Gasteiger partial charge in [0, 0.05) is 30.9 Å². The molecule has 1 amide bonds. The summed E-state index contributed by atoms with van der Waals surface area (Å²) in [6.45, 7) is 0.335. The van der Waals surface area contributed by atoms with Gasteiger partial charge in [0.1, 0.15) is 12.4 Å². The Labute approximate surface area is 160 Å². The minimum absolute atomic E-state index is 0.0677. The fraction of sp³-hybridized carbons (Fsp3) is 0.150. The van der Waals surface area contributed by atoms with Gasteiger partial charge in [0.2, 0.25) is 5.91 Å². The van der Waals surface area contributed by atoms with Crippen LogP contribution in [-0.4, -0.2) is 36.6 Å². The lowest BCUT2D eigenvalue weighted by Gasteiger charge is -2.08. The van der Waals surface area contributed by atoms with E-state index in [1.807, 2.05) is 59.1 Å². The maximum atomic E-state index is 12.3. The van der Waals surface area contributed by atoms with Gasteiger partial charge in [-0.15, -0.1) is 10.2 Å². The number of fused-ring (bicyclic) bond motifs is 1. The first-order valence-electron chi connectivity index (χ1n) is 8.88. The molecule has 28 heavy (non-hydrogen) atoms. The van der Waals surface area contributed by atoms with E-state index in [0.29, 0.717) is 18.7 Å². The molecule has 3 heterocycles. The van der Waals surface area contributed by atoms with Gasteiger partial charge in [0.15, 0.2) is 5.65 Å². The second-order valence-electron chi connectivity index (χ2n) is 6.25. The molecule has 140 valence electrons. The monoisotopic (exact) mass is 374 g/mol. The smallest absolute Gasteiger partial charge is 0.269 e. The minimum Gasteiger partial charge on any atom is -0.354 e. The summed E-state index contributed by atoms with van der Waals surface area (Å²) in [5, 5.41) is 11.0. The van der Waals surface area contributed by atoms with Gasteiger partial charge in [-0.1, -0.05) is 36.4 Å². The molecule has 0 aliphatic heterocycles. The van der Waals surface area contributed by atoms with Crippen LogP contribution in [0.25, 0.3) is 16.9 Å². The lowest BCUT2D eigenvalue weighted by molar-refractivity contribution is -0.121. The summed E-state index contributed by atoms with van der Waals surface area (Å²) in [6.07, 6.45) is 5.26. The van der Waals surface area contributed by atoms with E-state index in [9.17, 15) is 9.59 Å². The standard InChI is InChI=1S/C20H18N6O2/c27-19(21-10-9-18-24-23-17-8-4-5-11-26(17)18)14-25-13-16(22-12-20(25)28)15-6-2-1-3-7-15/h1-8,11-13H,9-10,14H2,(H,21,27). The Morgan fingerprint density at radius 3 is 2.71 bits per heavy atom. The first-order valence-corrected chi connectivity index (χ1v) is 8.88. The average Bonchev–Trinajstić information content (AvgIpc) is 3.13. The first-order chi connectivity index (χ1) is 13.7. The van der Waals surface area contributed by atoms with Crippen molar-refractivity contribution in [3.05, 3.63) is 83.3 Å². The summed E-state index contributed by atoms with van der Waals surface area (Å²) in [5.41, 5.74) is 1.97.